The van der Waals surface area contributed by atoms with Gasteiger partial charge in [0.15, 0.2) is 24.6 Å². The van der Waals surface area contributed by atoms with E-state index in [0.717, 1.165) is 0 Å². The second kappa shape index (κ2) is 10.9. The monoisotopic (exact) mass is 476 g/mol. The van der Waals surface area contributed by atoms with Gasteiger partial charge < -0.3 is 24.1 Å². The van der Waals surface area contributed by atoms with Crippen LogP contribution in [0.15, 0.2) is 91.0 Å². The molecule has 1 aliphatic heterocycles. The Hall–Kier alpha value is -4.01. The molecule has 8 nitrogen and oxygen atoms in total. The predicted octanol–water partition coefficient (Wildman–Crippen LogP) is 3.40. The van der Waals surface area contributed by atoms with E-state index in [1.165, 1.54) is 0 Å². The molecular weight excluding hydrogens is 452 g/mol. The Morgan fingerprint density at radius 1 is 0.600 bits per heavy atom. The van der Waals surface area contributed by atoms with Crippen LogP contribution in [0.2, 0.25) is 0 Å². The number of hydrogen-bond donors (Lipinski definition) is 1. The van der Waals surface area contributed by atoms with Crippen molar-refractivity contribution in [1.82, 2.24) is 0 Å². The Bertz CT molecular complexity index is 1080. The van der Waals surface area contributed by atoms with Crippen molar-refractivity contribution in [3.63, 3.8) is 0 Å². The molecule has 1 saturated heterocycles. The average Bonchev–Trinajstić information content (AvgIpc) is 2.89. The van der Waals surface area contributed by atoms with Gasteiger partial charge in [-0.05, 0) is 43.3 Å². The topological polar surface area (TPSA) is 108 Å². The number of hydrogen-bond acceptors (Lipinski definition) is 8. The Morgan fingerprint density at radius 3 is 1.34 bits per heavy atom. The molecule has 4 rings (SSSR count). The summed E-state index contributed by atoms with van der Waals surface area (Å²) in [5, 5.41) is 10.6. The highest BCUT2D eigenvalue weighted by molar-refractivity contribution is 5.91. The van der Waals surface area contributed by atoms with Gasteiger partial charge in [0.05, 0.1) is 22.8 Å². The van der Waals surface area contributed by atoms with Crippen LogP contribution in [-0.2, 0) is 18.9 Å². The third-order valence-corrected chi connectivity index (χ3v) is 5.50. The summed E-state index contributed by atoms with van der Waals surface area (Å²) < 4.78 is 22.4. The first kappa shape index (κ1) is 24.1. The second-order valence-corrected chi connectivity index (χ2v) is 7.94. The van der Waals surface area contributed by atoms with Gasteiger partial charge in [0.25, 0.3) is 0 Å². The highest BCUT2D eigenvalue weighted by Gasteiger charge is 2.50. The quantitative estimate of drug-likeness (QED) is 0.426. The first-order valence-electron chi connectivity index (χ1n) is 11.1. The highest BCUT2D eigenvalue weighted by Crippen LogP contribution is 2.29. The molecule has 35 heavy (non-hydrogen) atoms. The van der Waals surface area contributed by atoms with E-state index < -0.39 is 48.6 Å². The fraction of sp³-hybridized carbons (Fsp3) is 0.222. The molecule has 0 saturated carbocycles. The van der Waals surface area contributed by atoms with Crippen LogP contribution < -0.4 is 0 Å². The molecule has 0 aromatic heterocycles. The van der Waals surface area contributed by atoms with E-state index in [4.69, 9.17) is 18.9 Å². The summed E-state index contributed by atoms with van der Waals surface area (Å²) >= 11 is 0. The maximum Gasteiger partial charge on any atom is 0.338 e. The van der Waals surface area contributed by atoms with Crippen molar-refractivity contribution in [1.29, 1.82) is 0 Å². The summed E-state index contributed by atoms with van der Waals surface area (Å²) in [7, 11) is 0. The van der Waals surface area contributed by atoms with Crippen LogP contribution in [-0.4, -0.2) is 53.7 Å². The van der Waals surface area contributed by atoms with Gasteiger partial charge in [-0.15, -0.1) is 0 Å². The van der Waals surface area contributed by atoms with Gasteiger partial charge in [0.1, 0.15) is 0 Å². The van der Waals surface area contributed by atoms with E-state index in [9.17, 15) is 19.5 Å². The maximum absolute atomic E-state index is 12.9. The van der Waals surface area contributed by atoms with Crippen molar-refractivity contribution < 1.29 is 38.4 Å². The van der Waals surface area contributed by atoms with Crippen LogP contribution in [0.25, 0.3) is 0 Å². The lowest BCUT2D eigenvalue weighted by Gasteiger charge is -2.42. The first-order valence-corrected chi connectivity index (χ1v) is 11.1. The number of ether oxygens (including phenoxy) is 4. The minimum Gasteiger partial charge on any atom is -0.452 e. The molecule has 1 N–H and O–H groups in total. The van der Waals surface area contributed by atoms with Crippen LogP contribution in [0, 0.1) is 0 Å². The molecule has 5 atom stereocenters. The number of aliphatic hydroxyl groups is 1. The Balaban J connectivity index is 1.63. The third kappa shape index (κ3) is 5.74. The molecule has 180 valence electrons. The zero-order chi connectivity index (χ0) is 24.8. The summed E-state index contributed by atoms with van der Waals surface area (Å²) in [5.74, 6) is -2.18. The minimum atomic E-state index is -1.63. The van der Waals surface area contributed by atoms with E-state index in [-0.39, 0.29) is 16.7 Å². The van der Waals surface area contributed by atoms with Gasteiger partial charge in [-0.25, -0.2) is 14.4 Å². The zero-order valence-electron chi connectivity index (χ0n) is 18.9. The summed E-state index contributed by atoms with van der Waals surface area (Å²) in [5.41, 5.74) is 0.739. The molecule has 8 heteroatoms. The number of aliphatic hydroxyl groups excluding tert-OH is 1. The van der Waals surface area contributed by atoms with Gasteiger partial charge in [-0.3, -0.25) is 0 Å². The molecule has 3 aromatic carbocycles. The fourth-order valence-electron chi connectivity index (χ4n) is 3.71. The van der Waals surface area contributed by atoms with Gasteiger partial charge >= 0.3 is 17.9 Å². The molecule has 3 aromatic rings. The summed E-state index contributed by atoms with van der Waals surface area (Å²) in [6, 6.07) is 24.6. The lowest BCUT2D eigenvalue weighted by Crippen LogP contribution is -2.60. The Morgan fingerprint density at radius 2 is 0.943 bits per heavy atom. The minimum absolute atomic E-state index is 0.226. The van der Waals surface area contributed by atoms with E-state index in [2.05, 4.69) is 0 Å². The Kier molecular flexibility index (Phi) is 7.54. The van der Waals surface area contributed by atoms with Crippen LogP contribution in [0.1, 0.15) is 38.0 Å². The van der Waals surface area contributed by atoms with Crippen molar-refractivity contribution in [2.45, 2.75) is 37.6 Å². The van der Waals surface area contributed by atoms with Crippen LogP contribution >= 0.6 is 0 Å². The third-order valence-electron chi connectivity index (χ3n) is 5.50. The maximum atomic E-state index is 12.9. The van der Waals surface area contributed by atoms with Crippen LogP contribution in [0.5, 0.6) is 0 Å². The first-order chi connectivity index (χ1) is 16.9. The van der Waals surface area contributed by atoms with Gasteiger partial charge in [-0.1, -0.05) is 54.6 Å². The summed E-state index contributed by atoms with van der Waals surface area (Å²) in [6.45, 7) is 1.56. The van der Waals surface area contributed by atoms with Crippen molar-refractivity contribution >= 4 is 17.9 Å². The summed E-state index contributed by atoms with van der Waals surface area (Å²) in [4.78, 5) is 38.5. The van der Waals surface area contributed by atoms with Crippen molar-refractivity contribution in [3.8, 4) is 0 Å². The zero-order valence-corrected chi connectivity index (χ0v) is 18.9. The number of carbonyl (C=O) groups is 3. The molecule has 0 bridgehead atoms. The predicted molar refractivity (Wildman–Crippen MR) is 123 cm³/mol. The number of esters is 3. The fourth-order valence-corrected chi connectivity index (χ4v) is 3.71. The van der Waals surface area contributed by atoms with E-state index in [1.807, 2.05) is 0 Å². The normalized spacial score (nSPS) is 23.7. The van der Waals surface area contributed by atoms with Crippen LogP contribution in [0.4, 0.5) is 0 Å². The molecule has 0 spiro atoms. The Labute approximate surface area is 202 Å². The smallest absolute Gasteiger partial charge is 0.338 e. The molecule has 1 aliphatic rings. The number of carbonyl (C=O) groups excluding carboxylic acids is 3. The summed E-state index contributed by atoms with van der Waals surface area (Å²) in [6.07, 6.45) is -6.48. The van der Waals surface area contributed by atoms with Gasteiger partial charge in [0, 0.05) is 0 Å². The largest absolute Gasteiger partial charge is 0.452 e. The second-order valence-electron chi connectivity index (χ2n) is 7.94. The molecular formula is C27H24O8. The molecule has 2 unspecified atom stereocenters. The van der Waals surface area contributed by atoms with Crippen LogP contribution in [0.3, 0.4) is 0 Å². The average molecular weight is 476 g/mol. The van der Waals surface area contributed by atoms with E-state index in [1.54, 1.807) is 97.9 Å². The van der Waals surface area contributed by atoms with Crippen molar-refractivity contribution in [2.24, 2.45) is 0 Å². The lowest BCUT2D eigenvalue weighted by molar-refractivity contribution is -0.275. The SMILES string of the molecule is CC1OC(O)[C@@H](OC(=O)c2ccccc2)[C@H](OC(=O)c2ccccc2)[C@H]1OC(=O)c1ccccc1. The molecule has 0 amide bonds. The van der Waals surface area contributed by atoms with Gasteiger partial charge in [-0.2, -0.15) is 0 Å². The van der Waals surface area contributed by atoms with Gasteiger partial charge in [0.2, 0.25) is 0 Å². The standard InChI is InChI=1S/C27H24O8/c1-17-21(33-24(28)18-11-5-2-6-12-18)22(34-25(29)19-13-7-3-8-14-19)23(27(31)32-17)35-26(30)20-15-9-4-10-16-20/h2-17,21-23,27,31H,1H3/t17?,21-,22+,23-,27?/m0/s1. The van der Waals surface area contributed by atoms with E-state index in [0.29, 0.717) is 0 Å². The lowest BCUT2D eigenvalue weighted by atomic mass is 9.98. The van der Waals surface area contributed by atoms with Crippen molar-refractivity contribution in [2.75, 3.05) is 0 Å². The number of rotatable bonds is 6. The van der Waals surface area contributed by atoms with E-state index >= 15 is 0 Å². The molecule has 1 fully saturated rings. The molecule has 0 radical (unpaired) electrons. The molecule has 0 aliphatic carbocycles. The van der Waals surface area contributed by atoms with Crippen molar-refractivity contribution in [3.05, 3.63) is 108 Å². The highest BCUT2D eigenvalue weighted by atomic mass is 16.7. The molecule has 1 heterocycles. The number of benzene rings is 3.